The molecule has 0 amide bonds. The molecule has 0 aliphatic heterocycles. The Morgan fingerprint density at radius 1 is 1.05 bits per heavy atom. The van der Waals surface area contributed by atoms with Gasteiger partial charge in [-0.2, -0.15) is 0 Å². The first kappa shape index (κ1) is 13.4. The van der Waals surface area contributed by atoms with Crippen molar-refractivity contribution in [1.29, 1.82) is 0 Å². The Balaban J connectivity index is 1.93. The Kier molecular flexibility index (Phi) is 3.91. The van der Waals surface area contributed by atoms with Crippen molar-refractivity contribution < 1.29 is 0 Å². The lowest BCUT2D eigenvalue weighted by Gasteiger charge is -2.26. The fourth-order valence-corrected chi connectivity index (χ4v) is 3.52. The minimum Gasteiger partial charge on any atom is -0.0761 e. The van der Waals surface area contributed by atoms with Crippen LogP contribution >= 0.6 is 0 Å². The number of hydrogen-bond acceptors (Lipinski definition) is 0. The van der Waals surface area contributed by atoms with E-state index in [0.29, 0.717) is 5.92 Å². The highest BCUT2D eigenvalue weighted by atomic mass is 14.3. The Hall–Kier alpha value is -1.56. The Labute approximate surface area is 122 Å². The standard InChI is InChI=1S/C20H24/c1-3-4-5-8-15(2)18-14-13-17-10-6-9-16-11-7-12-19(18)20(16)17/h6-7,9-15,18H,3-5,8H2,1-2H3. The lowest BCUT2D eigenvalue weighted by molar-refractivity contribution is 0.458. The first-order valence-corrected chi connectivity index (χ1v) is 8.01. The van der Waals surface area contributed by atoms with E-state index in [9.17, 15) is 0 Å². The molecule has 0 radical (unpaired) electrons. The summed E-state index contributed by atoms with van der Waals surface area (Å²) in [6, 6.07) is 13.4. The van der Waals surface area contributed by atoms with Crippen molar-refractivity contribution in [2.75, 3.05) is 0 Å². The number of benzene rings is 2. The highest BCUT2D eigenvalue weighted by Gasteiger charge is 2.22. The summed E-state index contributed by atoms with van der Waals surface area (Å²) in [4.78, 5) is 0. The molecule has 1 aliphatic carbocycles. The van der Waals surface area contributed by atoms with Gasteiger partial charge in [-0.1, -0.05) is 81.7 Å². The normalized spacial score (nSPS) is 18.4. The van der Waals surface area contributed by atoms with E-state index >= 15 is 0 Å². The SMILES string of the molecule is CCCCCC(C)C1C=Cc2cccc3cccc1c23. The van der Waals surface area contributed by atoms with E-state index in [1.807, 2.05) is 0 Å². The number of rotatable bonds is 5. The third-order valence-electron chi connectivity index (χ3n) is 4.69. The van der Waals surface area contributed by atoms with Crippen LogP contribution in [0.15, 0.2) is 42.5 Å². The second kappa shape index (κ2) is 5.83. The van der Waals surface area contributed by atoms with E-state index in [2.05, 4.69) is 62.4 Å². The predicted molar refractivity (Wildman–Crippen MR) is 89.0 cm³/mol. The van der Waals surface area contributed by atoms with E-state index in [1.165, 1.54) is 47.6 Å². The van der Waals surface area contributed by atoms with Crippen molar-refractivity contribution in [3.63, 3.8) is 0 Å². The van der Waals surface area contributed by atoms with Crippen molar-refractivity contribution in [2.45, 2.75) is 45.4 Å². The zero-order valence-corrected chi connectivity index (χ0v) is 12.6. The van der Waals surface area contributed by atoms with Crippen molar-refractivity contribution in [2.24, 2.45) is 5.92 Å². The predicted octanol–water partition coefficient (Wildman–Crippen LogP) is 6.17. The van der Waals surface area contributed by atoms with E-state index in [4.69, 9.17) is 0 Å². The number of allylic oxidation sites excluding steroid dienone is 1. The molecule has 3 rings (SSSR count). The molecule has 2 unspecified atom stereocenters. The van der Waals surface area contributed by atoms with E-state index < -0.39 is 0 Å². The third kappa shape index (κ3) is 2.40. The average molecular weight is 264 g/mol. The second-order valence-electron chi connectivity index (χ2n) is 6.15. The summed E-state index contributed by atoms with van der Waals surface area (Å²) in [5.41, 5.74) is 2.92. The van der Waals surface area contributed by atoms with Crippen LogP contribution in [0.25, 0.3) is 16.8 Å². The van der Waals surface area contributed by atoms with Gasteiger partial charge < -0.3 is 0 Å². The van der Waals surface area contributed by atoms with E-state index in [0.717, 1.165) is 5.92 Å². The molecule has 0 saturated heterocycles. The fourth-order valence-electron chi connectivity index (χ4n) is 3.52. The van der Waals surface area contributed by atoms with Gasteiger partial charge in [0.25, 0.3) is 0 Å². The van der Waals surface area contributed by atoms with Crippen LogP contribution in [0.2, 0.25) is 0 Å². The lowest BCUT2D eigenvalue weighted by Crippen LogP contribution is -2.10. The summed E-state index contributed by atoms with van der Waals surface area (Å²) < 4.78 is 0. The minimum atomic E-state index is 0.588. The molecule has 0 aromatic heterocycles. The van der Waals surface area contributed by atoms with Crippen LogP contribution in [0.1, 0.15) is 56.6 Å². The maximum atomic E-state index is 2.42. The first-order valence-electron chi connectivity index (χ1n) is 8.01. The van der Waals surface area contributed by atoms with E-state index in [1.54, 1.807) is 0 Å². The summed E-state index contributed by atoms with van der Waals surface area (Å²) in [7, 11) is 0. The van der Waals surface area contributed by atoms with Gasteiger partial charge in [-0.15, -0.1) is 0 Å². The molecule has 20 heavy (non-hydrogen) atoms. The molecule has 2 atom stereocenters. The molecule has 0 spiro atoms. The van der Waals surface area contributed by atoms with Gasteiger partial charge in [0.1, 0.15) is 0 Å². The first-order chi connectivity index (χ1) is 9.81. The van der Waals surface area contributed by atoms with Gasteiger partial charge in [-0.3, -0.25) is 0 Å². The van der Waals surface area contributed by atoms with Gasteiger partial charge in [-0.25, -0.2) is 0 Å². The quantitative estimate of drug-likeness (QED) is 0.567. The molecule has 1 aliphatic rings. The van der Waals surface area contributed by atoms with Crippen molar-refractivity contribution in [1.82, 2.24) is 0 Å². The van der Waals surface area contributed by atoms with Crippen molar-refractivity contribution in [3.8, 4) is 0 Å². The monoisotopic (exact) mass is 264 g/mol. The molecule has 0 heteroatoms. The van der Waals surface area contributed by atoms with Crippen LogP contribution < -0.4 is 0 Å². The fraction of sp³-hybridized carbons (Fsp3) is 0.400. The zero-order valence-electron chi connectivity index (χ0n) is 12.6. The lowest BCUT2D eigenvalue weighted by atomic mass is 9.78. The van der Waals surface area contributed by atoms with Crippen LogP contribution in [0.3, 0.4) is 0 Å². The van der Waals surface area contributed by atoms with Crippen LogP contribution in [0.5, 0.6) is 0 Å². The largest absolute Gasteiger partial charge is 0.0761 e. The number of hydrogen-bond donors (Lipinski definition) is 0. The molecule has 104 valence electrons. The smallest absolute Gasteiger partial charge is 0.00533 e. The van der Waals surface area contributed by atoms with Gasteiger partial charge in [0.15, 0.2) is 0 Å². The minimum absolute atomic E-state index is 0.588. The molecular weight excluding hydrogens is 240 g/mol. The summed E-state index contributed by atoms with van der Waals surface area (Å²) in [5, 5.41) is 2.86. The topological polar surface area (TPSA) is 0 Å². The van der Waals surface area contributed by atoms with Crippen LogP contribution in [0, 0.1) is 5.92 Å². The Bertz CT molecular complexity index is 616. The zero-order chi connectivity index (χ0) is 13.9. The third-order valence-corrected chi connectivity index (χ3v) is 4.69. The molecule has 0 saturated carbocycles. The molecule has 0 heterocycles. The highest BCUT2D eigenvalue weighted by Crippen LogP contribution is 2.39. The van der Waals surface area contributed by atoms with Gasteiger partial charge in [0, 0.05) is 5.92 Å². The highest BCUT2D eigenvalue weighted by molar-refractivity contribution is 5.95. The van der Waals surface area contributed by atoms with Gasteiger partial charge in [-0.05, 0) is 34.2 Å². The number of unbranched alkanes of at least 4 members (excludes halogenated alkanes) is 2. The summed E-state index contributed by atoms with van der Waals surface area (Å²) >= 11 is 0. The molecule has 0 nitrogen and oxygen atoms in total. The second-order valence-corrected chi connectivity index (χ2v) is 6.15. The summed E-state index contributed by atoms with van der Waals surface area (Å²) in [6.45, 7) is 4.69. The Morgan fingerprint density at radius 2 is 1.85 bits per heavy atom. The summed E-state index contributed by atoms with van der Waals surface area (Å²) in [5.74, 6) is 1.32. The van der Waals surface area contributed by atoms with E-state index in [-0.39, 0.29) is 0 Å². The molecule has 0 bridgehead atoms. The average Bonchev–Trinajstić information content (AvgIpc) is 2.48. The maximum absolute atomic E-state index is 2.42. The molecule has 2 aromatic rings. The maximum Gasteiger partial charge on any atom is 0.00533 e. The van der Waals surface area contributed by atoms with Crippen LogP contribution in [0.4, 0.5) is 0 Å². The van der Waals surface area contributed by atoms with Gasteiger partial charge in [0.2, 0.25) is 0 Å². The molecule has 0 fully saturated rings. The van der Waals surface area contributed by atoms with Crippen molar-refractivity contribution >= 4 is 16.8 Å². The van der Waals surface area contributed by atoms with Crippen LogP contribution in [-0.2, 0) is 0 Å². The molecular formula is C20H24. The van der Waals surface area contributed by atoms with Crippen molar-refractivity contribution in [3.05, 3.63) is 53.6 Å². The van der Waals surface area contributed by atoms with Gasteiger partial charge >= 0.3 is 0 Å². The molecule has 0 N–H and O–H groups in total. The van der Waals surface area contributed by atoms with Gasteiger partial charge in [0.05, 0.1) is 0 Å². The Morgan fingerprint density at radius 3 is 2.65 bits per heavy atom. The molecule has 2 aromatic carbocycles. The van der Waals surface area contributed by atoms with Crippen LogP contribution in [-0.4, -0.2) is 0 Å². The summed E-state index contributed by atoms with van der Waals surface area (Å²) in [6.07, 6.45) is 10.1.